The smallest absolute Gasteiger partial charge is 0.346 e. The molecule has 0 unspecified atom stereocenters. The minimum atomic E-state index is -0.937. The zero-order valence-corrected chi connectivity index (χ0v) is 25.1. The van der Waals surface area contributed by atoms with Crippen molar-refractivity contribution in [1.29, 1.82) is 0 Å². The van der Waals surface area contributed by atoms with Gasteiger partial charge < -0.3 is 14.2 Å². The van der Waals surface area contributed by atoms with Crippen LogP contribution in [0.25, 0.3) is 5.57 Å². The third-order valence-corrected chi connectivity index (χ3v) is 10.1. The van der Waals surface area contributed by atoms with Crippen molar-refractivity contribution in [2.45, 2.75) is 19.4 Å². The van der Waals surface area contributed by atoms with E-state index in [1.54, 1.807) is 30.2 Å². The summed E-state index contributed by atoms with van der Waals surface area (Å²) in [6.07, 6.45) is 0. The summed E-state index contributed by atoms with van der Waals surface area (Å²) in [6.45, 7) is 3.76. The van der Waals surface area contributed by atoms with Crippen molar-refractivity contribution in [3.63, 3.8) is 0 Å². The van der Waals surface area contributed by atoms with E-state index >= 15 is 0 Å². The molecular weight excluding hydrogens is 645 g/mol. The van der Waals surface area contributed by atoms with E-state index < -0.39 is 17.5 Å². The number of hydrogen-bond donors (Lipinski definition) is 0. The highest BCUT2D eigenvalue weighted by Crippen LogP contribution is 2.56. The van der Waals surface area contributed by atoms with Gasteiger partial charge in [0.05, 0.1) is 47.2 Å². The van der Waals surface area contributed by atoms with Gasteiger partial charge in [0.15, 0.2) is 0 Å². The van der Waals surface area contributed by atoms with Crippen LogP contribution in [0.4, 0.5) is 5.69 Å². The van der Waals surface area contributed by atoms with Crippen molar-refractivity contribution in [3.05, 3.63) is 71.2 Å². The molecule has 2 aliphatic heterocycles. The average Bonchev–Trinajstić information content (AvgIpc) is 3.33. The van der Waals surface area contributed by atoms with Gasteiger partial charge in [-0.3, -0.25) is 9.69 Å². The molecule has 2 aliphatic rings. The van der Waals surface area contributed by atoms with E-state index in [4.69, 9.17) is 26.4 Å². The van der Waals surface area contributed by atoms with Crippen LogP contribution >= 0.6 is 58.3 Å². The van der Waals surface area contributed by atoms with E-state index in [2.05, 4.69) is 22.6 Å². The molecule has 4 rings (SSSR count). The average molecular weight is 668 g/mol. The molecule has 2 aromatic carbocycles. The zero-order chi connectivity index (χ0) is 27.1. The highest BCUT2D eigenvalue weighted by Gasteiger charge is 2.46. The standard InChI is InChI=1S/C26H22INO6S3/c1-26(2)21(35)18(25-36-19(23(30)33-4)20(37-25)24(31)34-5)15-11-10-13(32-3)12-17(15)28(26)22(29)14-8-6-7-9-16(14)27/h6-12H,1-5H3. The number of rotatable bonds is 4. The molecule has 0 spiro atoms. The molecule has 1 amide bonds. The van der Waals surface area contributed by atoms with Crippen molar-refractivity contribution < 1.29 is 28.6 Å². The summed E-state index contributed by atoms with van der Waals surface area (Å²) < 4.78 is 16.8. The second-order valence-electron chi connectivity index (χ2n) is 8.40. The van der Waals surface area contributed by atoms with E-state index in [-0.39, 0.29) is 15.7 Å². The molecule has 37 heavy (non-hydrogen) atoms. The van der Waals surface area contributed by atoms with Crippen LogP contribution in [0.1, 0.15) is 29.8 Å². The first-order valence-electron chi connectivity index (χ1n) is 10.9. The lowest BCUT2D eigenvalue weighted by Crippen LogP contribution is -2.56. The Hall–Kier alpha value is -2.35. The van der Waals surface area contributed by atoms with Crippen molar-refractivity contribution in [1.82, 2.24) is 0 Å². The van der Waals surface area contributed by atoms with Crippen LogP contribution in [-0.2, 0) is 19.1 Å². The third-order valence-electron chi connectivity index (χ3n) is 5.91. The number of esters is 2. The third kappa shape index (κ3) is 4.82. The van der Waals surface area contributed by atoms with Crippen LogP contribution in [0.3, 0.4) is 0 Å². The summed E-state index contributed by atoms with van der Waals surface area (Å²) >= 11 is 10.4. The fourth-order valence-electron chi connectivity index (χ4n) is 4.04. The maximum absolute atomic E-state index is 14.0. The number of ether oxygens (including phenoxy) is 3. The van der Waals surface area contributed by atoms with Crippen LogP contribution in [0.15, 0.2) is 56.5 Å². The Morgan fingerprint density at radius 3 is 2.08 bits per heavy atom. The van der Waals surface area contributed by atoms with Crippen molar-refractivity contribution >= 4 is 92.3 Å². The minimum Gasteiger partial charge on any atom is -0.497 e. The number of halogens is 1. The number of carbonyl (C=O) groups excluding carboxylic acids is 3. The summed E-state index contributed by atoms with van der Waals surface area (Å²) in [5.74, 6) is -0.909. The highest BCUT2D eigenvalue weighted by molar-refractivity contribution is 14.1. The van der Waals surface area contributed by atoms with Crippen LogP contribution in [-0.4, -0.2) is 49.6 Å². The summed E-state index contributed by atoms with van der Waals surface area (Å²) in [4.78, 5) is 41.4. The van der Waals surface area contributed by atoms with Gasteiger partial charge in [0.2, 0.25) is 0 Å². The number of amides is 1. The lowest BCUT2D eigenvalue weighted by atomic mass is 9.82. The van der Waals surface area contributed by atoms with Crippen molar-refractivity contribution in [2.24, 2.45) is 0 Å². The maximum Gasteiger partial charge on any atom is 0.346 e. The lowest BCUT2D eigenvalue weighted by Gasteiger charge is -2.45. The number of anilines is 1. The number of benzene rings is 2. The van der Waals surface area contributed by atoms with Gasteiger partial charge in [-0.2, -0.15) is 0 Å². The molecule has 0 fully saturated rings. The molecule has 2 heterocycles. The second-order valence-corrected chi connectivity index (χ2v) is 12.3. The van der Waals surface area contributed by atoms with Gasteiger partial charge in [0.1, 0.15) is 15.6 Å². The molecular formula is C26H22INO6S3. The molecule has 0 atom stereocenters. The molecule has 0 N–H and O–H groups in total. The summed E-state index contributed by atoms with van der Waals surface area (Å²) in [5, 5.41) is 0. The number of methoxy groups -OCH3 is 3. The Bertz CT molecular complexity index is 1380. The first-order valence-corrected chi connectivity index (χ1v) is 14.0. The predicted molar refractivity (Wildman–Crippen MR) is 159 cm³/mol. The van der Waals surface area contributed by atoms with E-state index in [1.807, 2.05) is 38.1 Å². The fourth-order valence-corrected chi connectivity index (χ4v) is 7.69. The Morgan fingerprint density at radius 2 is 1.54 bits per heavy atom. The summed E-state index contributed by atoms with van der Waals surface area (Å²) in [5.41, 5.74) is 1.58. The first kappa shape index (κ1) is 27.7. The van der Waals surface area contributed by atoms with Crippen LogP contribution < -0.4 is 9.64 Å². The quantitative estimate of drug-likeness (QED) is 0.174. The van der Waals surface area contributed by atoms with Crippen LogP contribution in [0.5, 0.6) is 5.75 Å². The normalized spacial score (nSPS) is 16.5. The lowest BCUT2D eigenvalue weighted by molar-refractivity contribution is -0.138. The molecule has 2 aromatic rings. The Balaban J connectivity index is 1.95. The Morgan fingerprint density at radius 1 is 0.946 bits per heavy atom. The molecule has 0 aliphatic carbocycles. The van der Waals surface area contributed by atoms with Crippen LogP contribution in [0, 0.1) is 3.57 Å². The number of hydrogen-bond acceptors (Lipinski definition) is 9. The Labute approximate surface area is 242 Å². The van der Waals surface area contributed by atoms with Gasteiger partial charge in [-0.05, 0) is 60.7 Å². The zero-order valence-electron chi connectivity index (χ0n) is 20.5. The van der Waals surface area contributed by atoms with Gasteiger partial charge in [-0.25, -0.2) is 9.59 Å². The van der Waals surface area contributed by atoms with E-state index in [0.29, 0.717) is 37.2 Å². The molecule has 0 aromatic heterocycles. The van der Waals surface area contributed by atoms with Crippen molar-refractivity contribution in [3.8, 4) is 5.75 Å². The number of thioether (sulfide) groups is 2. The van der Waals surface area contributed by atoms with Crippen molar-refractivity contribution in [2.75, 3.05) is 26.2 Å². The SMILES string of the molecule is COC(=O)C1=C(C(=O)OC)SC(=C2C(=S)C(C)(C)N(C(=O)c3ccccc3I)c3cc(OC)ccc32)S1. The monoisotopic (exact) mass is 667 g/mol. The van der Waals surface area contributed by atoms with Gasteiger partial charge in [0.25, 0.3) is 5.91 Å². The van der Waals surface area contributed by atoms with E-state index in [0.717, 1.165) is 27.1 Å². The van der Waals surface area contributed by atoms with Gasteiger partial charge >= 0.3 is 11.9 Å². The van der Waals surface area contributed by atoms with Gasteiger partial charge in [0, 0.05) is 20.8 Å². The maximum atomic E-state index is 14.0. The van der Waals surface area contributed by atoms with E-state index in [9.17, 15) is 14.4 Å². The second kappa shape index (κ2) is 10.8. The summed E-state index contributed by atoms with van der Waals surface area (Å²) in [7, 11) is 4.07. The minimum absolute atomic E-state index is 0.134. The largest absolute Gasteiger partial charge is 0.497 e. The highest BCUT2D eigenvalue weighted by atomic mass is 127. The summed E-state index contributed by atoms with van der Waals surface area (Å²) in [6, 6.07) is 12.8. The topological polar surface area (TPSA) is 82.1 Å². The number of nitrogens with zero attached hydrogens (tertiary/aromatic N) is 1. The van der Waals surface area contributed by atoms with Gasteiger partial charge in [-0.15, -0.1) is 0 Å². The number of carbonyl (C=O) groups is 3. The van der Waals surface area contributed by atoms with Gasteiger partial charge in [-0.1, -0.05) is 47.9 Å². The number of fused-ring (bicyclic) bond motifs is 1. The molecule has 192 valence electrons. The Kier molecular flexibility index (Phi) is 8.07. The first-order chi connectivity index (χ1) is 17.6. The molecule has 0 bridgehead atoms. The molecule has 0 saturated carbocycles. The van der Waals surface area contributed by atoms with Crippen LogP contribution in [0.2, 0.25) is 0 Å². The number of thiocarbonyl (C=S) groups is 1. The fraction of sp³-hybridized carbons (Fsp3) is 0.231. The molecule has 11 heteroatoms. The molecule has 0 saturated heterocycles. The molecule has 0 radical (unpaired) electrons. The predicted octanol–water partition coefficient (Wildman–Crippen LogP) is 5.81. The van der Waals surface area contributed by atoms with E-state index in [1.165, 1.54) is 14.2 Å². The molecule has 7 nitrogen and oxygen atoms in total.